The lowest BCUT2D eigenvalue weighted by molar-refractivity contribution is -0.130. The van der Waals surface area contributed by atoms with Gasteiger partial charge in [-0.25, -0.2) is 4.98 Å². The highest BCUT2D eigenvalue weighted by Gasteiger charge is 2.41. The van der Waals surface area contributed by atoms with Crippen LogP contribution in [0.3, 0.4) is 0 Å². The maximum atomic E-state index is 15.1. The molecule has 8 bridgehead atoms. The topological polar surface area (TPSA) is 213 Å². The van der Waals surface area contributed by atoms with Crippen LogP contribution in [-0.4, -0.2) is 142 Å². The van der Waals surface area contributed by atoms with Crippen LogP contribution in [0.2, 0.25) is 0 Å². The SMILES string of the molecule is CCC1=C(C)c2cc3[nH]c(cc4nc(c5c6[nH]c(cc1n2)c(C)c6C(=O)N(CCc1ccncc1)C5=O)[C@@H](CCC(=O)N(C)CCN)[C@@H]4C)c(C)c3/C=C/C(=O)N(C)CCOCCOCCO. The lowest BCUT2D eigenvalue weighted by atomic mass is 9.84. The molecule has 16 heteroatoms. The Morgan fingerprint density at radius 2 is 1.58 bits per heavy atom. The molecule has 0 unspecified atom stereocenters. The predicted molar refractivity (Wildman–Crippen MR) is 259 cm³/mol. The van der Waals surface area contributed by atoms with Gasteiger partial charge < -0.3 is 40.1 Å². The number of rotatable bonds is 19. The van der Waals surface area contributed by atoms with Crippen LogP contribution in [0.5, 0.6) is 0 Å². The molecule has 4 aromatic rings. The van der Waals surface area contributed by atoms with Crippen molar-refractivity contribution >= 4 is 62.9 Å². The number of aryl methyl sites for hydroxylation is 2. The molecular formula is C51H63N9O7. The number of allylic oxidation sites excluding steroid dienone is 2. The van der Waals surface area contributed by atoms with Gasteiger partial charge in [-0.1, -0.05) is 13.8 Å². The standard InChI is InChI=1S/C51H63N9O7/c1-8-35-30(2)39-28-43-36(9-11-45(63)59(7)21-23-66-25-26-67-24-22-61)31(3)38(55-43)27-40-32(4)37(10-12-44(62)58(6)20-16-52)48(56-40)47-49-46(33(5)41(57-49)29-42(35)54-39)50(64)60(51(47)65)19-15-34-13-17-53-18-14-34/h9,11,13-14,17-18,27-29,32,37,55,57,61H,8,10,12,15-16,19-26,52H2,1-7H3/b11-9+,38-27?,39-28?,40-27?,41-29?,42-29?,43-28?,48-47?/t32-,37-/m0/s1. The Bertz CT molecular complexity index is 2760. The summed E-state index contributed by atoms with van der Waals surface area (Å²) in [6.45, 7) is 12.6. The average molecular weight is 914 g/mol. The molecule has 16 nitrogen and oxygen atoms in total. The zero-order valence-corrected chi connectivity index (χ0v) is 39.7. The fraction of sp³-hybridized carbons (Fsp3) is 0.431. The van der Waals surface area contributed by atoms with E-state index in [1.165, 1.54) is 4.90 Å². The molecule has 5 N–H and O–H groups in total. The van der Waals surface area contributed by atoms with E-state index in [1.807, 2.05) is 57.2 Å². The molecular weight excluding hydrogens is 851 g/mol. The van der Waals surface area contributed by atoms with E-state index < -0.39 is 5.91 Å². The summed E-state index contributed by atoms with van der Waals surface area (Å²) in [5.41, 5.74) is 17.2. The van der Waals surface area contributed by atoms with Gasteiger partial charge in [0.15, 0.2) is 0 Å². The first kappa shape index (κ1) is 48.6. The fourth-order valence-electron chi connectivity index (χ4n) is 9.12. The highest BCUT2D eigenvalue weighted by atomic mass is 16.5. The number of nitrogens with zero attached hydrogens (tertiary/aromatic N) is 6. The summed E-state index contributed by atoms with van der Waals surface area (Å²) in [7, 11) is 3.46. The summed E-state index contributed by atoms with van der Waals surface area (Å²) in [5.74, 6) is -1.70. The second kappa shape index (κ2) is 21.5. The molecule has 0 fully saturated rings. The van der Waals surface area contributed by atoms with E-state index in [1.54, 1.807) is 42.4 Å². The Balaban J connectivity index is 1.41. The minimum Gasteiger partial charge on any atom is -0.394 e. The molecule has 0 radical (unpaired) electrons. The van der Waals surface area contributed by atoms with E-state index in [0.717, 1.165) is 50.3 Å². The van der Waals surface area contributed by atoms with Crippen LogP contribution >= 0.6 is 0 Å². The Hall–Kier alpha value is -6.33. The third kappa shape index (κ3) is 10.3. The molecule has 3 aliphatic heterocycles. The number of pyridine rings is 1. The van der Waals surface area contributed by atoms with Gasteiger partial charge in [0.25, 0.3) is 11.8 Å². The highest BCUT2D eigenvalue weighted by Crippen LogP contribution is 2.44. The van der Waals surface area contributed by atoms with Crippen LogP contribution in [0, 0.1) is 13.8 Å². The van der Waals surface area contributed by atoms with E-state index in [4.69, 9.17) is 30.3 Å². The first-order valence-electron chi connectivity index (χ1n) is 23.1. The number of carbonyl (C=O) groups is 4. The van der Waals surface area contributed by atoms with Gasteiger partial charge in [-0.2, -0.15) is 0 Å². The molecule has 4 aromatic heterocycles. The number of ether oxygens (including phenoxy) is 2. The van der Waals surface area contributed by atoms with E-state index in [9.17, 15) is 14.4 Å². The Labute approximate surface area is 391 Å². The number of H-pyrrole nitrogens is 2. The number of hydrogen-bond acceptors (Lipinski definition) is 11. The maximum absolute atomic E-state index is 15.1. The number of hydrogen-bond donors (Lipinski definition) is 4. The molecule has 7 heterocycles. The molecule has 67 heavy (non-hydrogen) atoms. The van der Waals surface area contributed by atoms with E-state index in [0.29, 0.717) is 97.8 Å². The van der Waals surface area contributed by atoms with Crippen molar-refractivity contribution in [1.29, 1.82) is 0 Å². The summed E-state index contributed by atoms with van der Waals surface area (Å²) in [4.78, 5) is 83.0. The second-order valence-corrected chi connectivity index (χ2v) is 17.4. The predicted octanol–water partition coefficient (Wildman–Crippen LogP) is 6.09. The van der Waals surface area contributed by atoms with Gasteiger partial charge >= 0.3 is 0 Å². The third-order valence-electron chi connectivity index (χ3n) is 13.2. The number of aromatic nitrogens is 5. The van der Waals surface area contributed by atoms with Crippen molar-refractivity contribution in [3.63, 3.8) is 0 Å². The summed E-state index contributed by atoms with van der Waals surface area (Å²) in [6.07, 6.45) is 8.49. The summed E-state index contributed by atoms with van der Waals surface area (Å²) in [5, 5.41) is 8.91. The summed E-state index contributed by atoms with van der Waals surface area (Å²) < 4.78 is 10.9. The smallest absolute Gasteiger partial charge is 0.264 e. The number of aliphatic hydroxyl groups excluding tert-OH is 1. The average Bonchev–Trinajstić information content (AvgIpc) is 4.00. The van der Waals surface area contributed by atoms with Crippen LogP contribution < -0.4 is 5.73 Å². The van der Waals surface area contributed by atoms with Crippen molar-refractivity contribution in [1.82, 2.24) is 39.6 Å². The molecule has 0 saturated carbocycles. The summed E-state index contributed by atoms with van der Waals surface area (Å²) in [6, 6.07) is 9.71. The third-order valence-corrected chi connectivity index (χ3v) is 13.2. The van der Waals surface area contributed by atoms with Gasteiger partial charge in [-0.3, -0.25) is 34.0 Å². The molecule has 0 aromatic carbocycles. The number of nitrogens with one attached hydrogen (secondary N) is 2. The number of likely N-dealkylation sites (N-methyl/N-ethyl adjacent to an activating group) is 2. The lowest BCUT2D eigenvalue weighted by Crippen LogP contribution is -2.42. The largest absolute Gasteiger partial charge is 0.394 e. The first-order chi connectivity index (χ1) is 32.3. The number of nitrogens with two attached hydrogens (primary N) is 1. The molecule has 4 amide bonds. The van der Waals surface area contributed by atoms with Gasteiger partial charge in [-0.05, 0) is 104 Å². The number of fused-ring (bicyclic) bond motifs is 8. The van der Waals surface area contributed by atoms with Gasteiger partial charge in [-0.15, -0.1) is 0 Å². The number of aliphatic hydroxyl groups is 1. The van der Waals surface area contributed by atoms with Crippen LogP contribution in [0.1, 0.15) is 118 Å². The van der Waals surface area contributed by atoms with Gasteiger partial charge in [0.2, 0.25) is 11.8 Å². The highest BCUT2D eigenvalue weighted by molar-refractivity contribution is 6.23. The molecule has 0 saturated heterocycles. The first-order valence-corrected chi connectivity index (χ1v) is 23.1. The molecule has 0 aliphatic carbocycles. The monoisotopic (exact) mass is 913 g/mol. The number of carbonyl (C=O) groups excluding carboxylic acids is 4. The zero-order chi connectivity index (χ0) is 47.9. The summed E-state index contributed by atoms with van der Waals surface area (Å²) >= 11 is 0. The Kier molecular flexibility index (Phi) is 15.6. The molecule has 3 aliphatic rings. The van der Waals surface area contributed by atoms with Crippen molar-refractivity contribution in [2.24, 2.45) is 5.73 Å². The quantitative estimate of drug-likeness (QED) is 0.0480. The number of imide groups is 1. The van der Waals surface area contributed by atoms with Gasteiger partial charge in [0.1, 0.15) is 0 Å². The lowest BCUT2D eigenvalue weighted by Gasteiger charge is -2.27. The van der Waals surface area contributed by atoms with E-state index in [2.05, 4.69) is 28.8 Å². The number of aromatic amines is 2. The normalized spacial score (nSPS) is 15.9. The van der Waals surface area contributed by atoms with Crippen LogP contribution in [-0.2, 0) is 25.5 Å². The van der Waals surface area contributed by atoms with Crippen LogP contribution in [0.15, 0.2) is 48.8 Å². The maximum Gasteiger partial charge on any atom is 0.264 e. The van der Waals surface area contributed by atoms with Crippen molar-refractivity contribution in [3.05, 3.63) is 105 Å². The minimum absolute atomic E-state index is 0.0498. The van der Waals surface area contributed by atoms with Crippen molar-refractivity contribution < 1.29 is 33.8 Å². The number of amides is 4. The van der Waals surface area contributed by atoms with Crippen molar-refractivity contribution in [3.8, 4) is 0 Å². The molecule has 354 valence electrons. The Morgan fingerprint density at radius 3 is 2.30 bits per heavy atom. The minimum atomic E-state index is -0.448. The van der Waals surface area contributed by atoms with E-state index in [-0.39, 0.29) is 55.7 Å². The van der Waals surface area contributed by atoms with Gasteiger partial charge in [0.05, 0.1) is 66.8 Å². The van der Waals surface area contributed by atoms with Crippen LogP contribution in [0.25, 0.3) is 39.3 Å². The zero-order valence-electron chi connectivity index (χ0n) is 39.7. The Morgan fingerprint density at radius 1 is 0.881 bits per heavy atom. The molecule has 2 atom stereocenters. The fourth-order valence-corrected chi connectivity index (χ4v) is 9.12. The van der Waals surface area contributed by atoms with Crippen molar-refractivity contribution in [2.75, 3.05) is 73.3 Å². The van der Waals surface area contributed by atoms with Crippen molar-refractivity contribution in [2.45, 2.75) is 72.1 Å². The second-order valence-electron chi connectivity index (χ2n) is 17.4. The van der Waals surface area contributed by atoms with E-state index >= 15 is 4.79 Å². The molecule has 7 rings (SSSR count). The molecule has 0 spiro atoms. The van der Waals surface area contributed by atoms with Crippen LogP contribution in [0.4, 0.5) is 0 Å². The van der Waals surface area contributed by atoms with Gasteiger partial charge in [0, 0.05) is 105 Å².